The van der Waals surface area contributed by atoms with Crippen LogP contribution in [-0.4, -0.2) is 6.71 Å². The maximum atomic E-state index is 6.60. The van der Waals surface area contributed by atoms with Crippen LogP contribution in [0.5, 0.6) is 0 Å². The second kappa shape index (κ2) is 21.3. The molecule has 15 aromatic rings. The van der Waals surface area contributed by atoms with Crippen LogP contribution in [-0.2, 0) is 16.2 Å². The maximum absolute atomic E-state index is 6.60. The zero-order chi connectivity index (χ0) is 65.1. The largest absolute Gasteiger partial charge is 0.456 e. The lowest BCUT2D eigenvalue weighted by molar-refractivity contribution is 0.569. The molecular weight excluding hydrogens is 1170 g/mol. The van der Waals surface area contributed by atoms with Crippen LogP contribution in [0, 0.1) is 0 Å². The van der Waals surface area contributed by atoms with E-state index in [9.17, 15) is 0 Å². The molecule has 0 amide bonds. The number of fused-ring (bicyclic) bond motifs is 17. The van der Waals surface area contributed by atoms with Gasteiger partial charge < -0.3 is 14.2 Å². The first-order valence-corrected chi connectivity index (χ1v) is 34.2. The Morgan fingerprint density at radius 2 is 0.742 bits per heavy atom. The van der Waals surface area contributed by atoms with E-state index in [4.69, 9.17) is 4.42 Å². The number of furan rings is 1. The van der Waals surface area contributed by atoms with Crippen molar-refractivity contribution in [3.8, 4) is 77.9 Å². The fraction of sp³-hybridized carbons (Fsp3) is 0.0968. The number of anilines is 6. The lowest BCUT2D eigenvalue weighted by Gasteiger charge is -2.45. The van der Waals surface area contributed by atoms with Gasteiger partial charge in [0.2, 0.25) is 0 Å². The van der Waals surface area contributed by atoms with Crippen molar-refractivity contribution in [2.75, 3.05) is 9.80 Å². The molecule has 0 unspecified atom stereocenters. The van der Waals surface area contributed by atoms with E-state index in [-0.39, 0.29) is 17.5 Å². The molecule has 0 bridgehead atoms. The summed E-state index contributed by atoms with van der Waals surface area (Å²) < 4.78 is 6.60. The van der Waals surface area contributed by atoms with Gasteiger partial charge in [-0.05, 0) is 200 Å². The summed E-state index contributed by atoms with van der Waals surface area (Å²) in [5.74, 6) is 0. The number of rotatable bonds is 7. The Labute approximate surface area is 568 Å². The summed E-state index contributed by atoms with van der Waals surface area (Å²) in [5, 5.41) is 2.19. The molecule has 1 spiro atoms. The van der Waals surface area contributed by atoms with E-state index >= 15 is 0 Å². The van der Waals surface area contributed by atoms with Crippen molar-refractivity contribution in [1.29, 1.82) is 0 Å². The molecule has 19 rings (SSSR count). The maximum Gasteiger partial charge on any atom is 0.252 e. The third-order valence-corrected chi connectivity index (χ3v) is 21.5. The van der Waals surface area contributed by atoms with Crippen molar-refractivity contribution in [2.45, 2.75) is 57.8 Å². The summed E-state index contributed by atoms with van der Waals surface area (Å²) in [6.07, 6.45) is 0. The number of para-hydroxylation sites is 2. The van der Waals surface area contributed by atoms with Gasteiger partial charge in [-0.3, -0.25) is 0 Å². The lowest BCUT2D eigenvalue weighted by atomic mass is 9.33. The van der Waals surface area contributed by atoms with Gasteiger partial charge in [0, 0.05) is 44.8 Å². The lowest BCUT2D eigenvalue weighted by Crippen LogP contribution is -2.61. The third-order valence-electron chi connectivity index (χ3n) is 21.5. The summed E-state index contributed by atoms with van der Waals surface area (Å²) in [4.78, 5) is 5.31. The molecule has 3 heterocycles. The van der Waals surface area contributed by atoms with Gasteiger partial charge in [-0.1, -0.05) is 284 Å². The van der Waals surface area contributed by atoms with Gasteiger partial charge in [-0.25, -0.2) is 0 Å². The summed E-state index contributed by atoms with van der Waals surface area (Å²) in [6, 6.07) is 117. The molecule has 0 saturated heterocycles. The monoisotopic (exact) mass is 1240 g/mol. The van der Waals surface area contributed by atoms with Crippen molar-refractivity contribution in [3.05, 3.63) is 343 Å². The SMILES string of the molecule is CC(C)(C)c1cc(-c2ccc3c(c2)N(c2ccccc2-c2ccccc2)c2cc(-c4ccc5oc6ccccc6c5c4)cc4c2B3c2cc3c(cc2N4c2cc(-c4ccccc4)cc(-c4ccccc4)c2)-c2ccccc2C32c3ccccc3-c3ccccc32)cc(C(C)(C)C)c1. The quantitative estimate of drug-likeness (QED) is 0.148. The summed E-state index contributed by atoms with van der Waals surface area (Å²) in [5.41, 5.74) is 36.1. The standard InChI is InChI=1S/C93H69BN2O/c1-91(2,3)67-47-65(48-68(55-67)92(4,5)6)62-42-44-81-84(52-62)96(83-40-24-19-32-70(83)60-30-14-9-15-31-60)87-54-66(61-43-45-89-76(51-61)74-36-20-25-41-88(74)97-89)53-86-90(87)94(81)82-57-80-75(73-35-18-23-39-79(73)93(80)77-37-21-16-33-71(77)72-34-17-22-38-78(72)93)56-85(82)95(86)69-49-63(58-26-10-7-11-27-58)46-64(50-69)59-28-12-8-13-29-59/h7-57H,1-6H3. The molecule has 2 aliphatic heterocycles. The fourth-order valence-corrected chi connectivity index (χ4v) is 16.9. The molecule has 4 heteroatoms. The zero-order valence-corrected chi connectivity index (χ0v) is 55.3. The highest BCUT2D eigenvalue weighted by Gasteiger charge is 2.54. The third kappa shape index (κ3) is 8.68. The van der Waals surface area contributed by atoms with Crippen molar-refractivity contribution < 1.29 is 4.42 Å². The Bertz CT molecular complexity index is 5610. The topological polar surface area (TPSA) is 19.6 Å². The normalized spacial score (nSPS) is 13.7. The Kier molecular flexibility index (Phi) is 12.5. The van der Waals surface area contributed by atoms with Crippen LogP contribution >= 0.6 is 0 Å². The Balaban J connectivity index is 0.979. The minimum Gasteiger partial charge on any atom is -0.456 e. The molecule has 0 radical (unpaired) electrons. The average Bonchev–Trinajstić information content (AvgIpc) is 1.61. The number of benzene rings is 14. The summed E-state index contributed by atoms with van der Waals surface area (Å²) >= 11 is 0. The van der Waals surface area contributed by atoms with E-state index in [0.29, 0.717) is 0 Å². The molecule has 3 nitrogen and oxygen atoms in total. The van der Waals surface area contributed by atoms with Gasteiger partial charge in [-0.15, -0.1) is 0 Å². The molecule has 0 saturated carbocycles. The first kappa shape index (κ1) is 57.0. The predicted molar refractivity (Wildman–Crippen MR) is 409 cm³/mol. The molecule has 0 fully saturated rings. The van der Waals surface area contributed by atoms with Gasteiger partial charge in [0.15, 0.2) is 0 Å². The Morgan fingerprint density at radius 1 is 0.278 bits per heavy atom. The second-order valence-corrected chi connectivity index (χ2v) is 29.1. The van der Waals surface area contributed by atoms with Crippen LogP contribution in [0.2, 0.25) is 0 Å². The van der Waals surface area contributed by atoms with E-state index in [1.807, 2.05) is 0 Å². The van der Waals surface area contributed by atoms with Gasteiger partial charge in [0.05, 0.1) is 11.1 Å². The molecule has 97 heavy (non-hydrogen) atoms. The highest BCUT2D eigenvalue weighted by Crippen LogP contribution is 2.64. The number of hydrogen-bond acceptors (Lipinski definition) is 3. The molecule has 460 valence electrons. The van der Waals surface area contributed by atoms with Crippen molar-refractivity contribution in [3.63, 3.8) is 0 Å². The molecular formula is C93H69BN2O. The van der Waals surface area contributed by atoms with Crippen LogP contribution in [0.1, 0.15) is 74.9 Å². The van der Waals surface area contributed by atoms with E-state index in [1.165, 1.54) is 83.1 Å². The predicted octanol–water partition coefficient (Wildman–Crippen LogP) is 22.9. The van der Waals surface area contributed by atoms with Gasteiger partial charge >= 0.3 is 0 Å². The van der Waals surface area contributed by atoms with E-state index in [2.05, 4.69) is 361 Å². The minimum absolute atomic E-state index is 0.0832. The molecule has 14 aromatic carbocycles. The van der Waals surface area contributed by atoms with E-state index in [0.717, 1.165) is 101 Å². The second-order valence-electron chi connectivity index (χ2n) is 29.1. The summed E-state index contributed by atoms with van der Waals surface area (Å²) in [6.45, 7) is 13.8. The van der Waals surface area contributed by atoms with Gasteiger partial charge in [0.1, 0.15) is 11.2 Å². The van der Waals surface area contributed by atoms with Crippen LogP contribution in [0.3, 0.4) is 0 Å². The first-order chi connectivity index (χ1) is 47.3. The molecule has 1 aromatic heterocycles. The van der Waals surface area contributed by atoms with Gasteiger partial charge in [-0.2, -0.15) is 0 Å². The number of nitrogens with zero attached hydrogens (tertiary/aromatic N) is 2. The van der Waals surface area contributed by atoms with Crippen LogP contribution in [0.4, 0.5) is 34.1 Å². The van der Waals surface area contributed by atoms with Crippen molar-refractivity contribution >= 4 is 79.2 Å². The van der Waals surface area contributed by atoms with Crippen LogP contribution < -0.4 is 26.2 Å². The smallest absolute Gasteiger partial charge is 0.252 e. The highest BCUT2D eigenvalue weighted by atomic mass is 16.3. The molecule has 0 atom stereocenters. The Hall–Kier alpha value is -11.5. The summed E-state index contributed by atoms with van der Waals surface area (Å²) in [7, 11) is 0. The molecule has 2 aliphatic carbocycles. The van der Waals surface area contributed by atoms with Crippen LogP contribution in [0.25, 0.3) is 99.8 Å². The van der Waals surface area contributed by atoms with E-state index in [1.54, 1.807) is 0 Å². The average molecular weight is 1240 g/mol. The van der Waals surface area contributed by atoms with Crippen molar-refractivity contribution in [2.24, 2.45) is 0 Å². The molecule has 4 aliphatic rings. The number of hydrogen-bond donors (Lipinski definition) is 0. The fourth-order valence-electron chi connectivity index (χ4n) is 16.9. The zero-order valence-electron chi connectivity index (χ0n) is 55.3. The minimum atomic E-state index is -0.583. The molecule has 0 N–H and O–H groups in total. The Morgan fingerprint density at radius 3 is 1.36 bits per heavy atom. The van der Waals surface area contributed by atoms with E-state index < -0.39 is 5.41 Å². The first-order valence-electron chi connectivity index (χ1n) is 34.2. The van der Waals surface area contributed by atoms with Crippen LogP contribution in [0.15, 0.2) is 314 Å². The van der Waals surface area contributed by atoms with Gasteiger partial charge in [0.25, 0.3) is 6.71 Å². The van der Waals surface area contributed by atoms with Crippen molar-refractivity contribution in [1.82, 2.24) is 0 Å². The highest BCUT2D eigenvalue weighted by molar-refractivity contribution is 7.00.